The minimum atomic E-state index is -0.970. The lowest BCUT2D eigenvalue weighted by Crippen LogP contribution is -2.37. The summed E-state index contributed by atoms with van der Waals surface area (Å²) in [6, 6.07) is 6.22. The normalized spacial score (nSPS) is 22.2. The highest BCUT2D eigenvalue weighted by molar-refractivity contribution is 5.96. The quantitative estimate of drug-likeness (QED) is 0.772. The Labute approximate surface area is 112 Å². The van der Waals surface area contributed by atoms with Gasteiger partial charge in [0, 0.05) is 12.2 Å². The second-order valence-electron chi connectivity index (χ2n) is 4.90. The van der Waals surface area contributed by atoms with Crippen LogP contribution in [0.2, 0.25) is 0 Å². The van der Waals surface area contributed by atoms with Crippen molar-refractivity contribution in [3.05, 3.63) is 29.8 Å². The molecule has 5 heteroatoms. The van der Waals surface area contributed by atoms with Crippen LogP contribution in [-0.2, 0) is 4.79 Å². The Morgan fingerprint density at radius 3 is 2.53 bits per heavy atom. The molecule has 1 amide bonds. The number of hydrogen-bond acceptors (Lipinski definition) is 3. The highest BCUT2D eigenvalue weighted by Gasteiger charge is 2.39. The molecule has 1 fully saturated rings. The fraction of sp³-hybridized carbons (Fsp3) is 0.429. The van der Waals surface area contributed by atoms with Crippen LogP contribution in [0, 0.1) is 5.41 Å². The van der Waals surface area contributed by atoms with E-state index in [9.17, 15) is 9.59 Å². The molecule has 1 saturated heterocycles. The molecule has 0 aliphatic carbocycles. The fourth-order valence-corrected chi connectivity index (χ4v) is 2.36. The zero-order chi connectivity index (χ0) is 13.9. The van der Waals surface area contributed by atoms with Crippen molar-refractivity contribution in [3.8, 4) is 0 Å². The number of carbonyl (C=O) groups excluding carboxylic acids is 1. The third-order valence-corrected chi connectivity index (χ3v) is 3.79. The second-order valence-corrected chi connectivity index (χ2v) is 4.90. The first-order valence-electron chi connectivity index (χ1n) is 6.43. The Morgan fingerprint density at radius 1 is 1.37 bits per heavy atom. The summed E-state index contributed by atoms with van der Waals surface area (Å²) in [4.78, 5) is 23.1. The predicted molar refractivity (Wildman–Crippen MR) is 72.2 cm³/mol. The molecule has 1 atom stereocenters. The lowest BCUT2D eigenvalue weighted by Gasteiger charge is -2.25. The van der Waals surface area contributed by atoms with Gasteiger partial charge >= 0.3 is 5.97 Å². The van der Waals surface area contributed by atoms with Crippen molar-refractivity contribution in [2.75, 3.05) is 18.4 Å². The zero-order valence-corrected chi connectivity index (χ0v) is 10.9. The number of hydrogen-bond donors (Lipinski definition) is 3. The van der Waals surface area contributed by atoms with Gasteiger partial charge in [0.15, 0.2) is 0 Å². The van der Waals surface area contributed by atoms with Crippen LogP contribution in [0.4, 0.5) is 5.69 Å². The number of carboxylic acids is 1. The average molecular weight is 262 g/mol. The number of aromatic carboxylic acids is 1. The van der Waals surface area contributed by atoms with E-state index in [0.29, 0.717) is 12.2 Å². The summed E-state index contributed by atoms with van der Waals surface area (Å²) in [6.07, 6.45) is 1.63. The fourth-order valence-electron chi connectivity index (χ4n) is 2.36. The number of carbonyl (C=O) groups is 2. The van der Waals surface area contributed by atoms with E-state index in [1.165, 1.54) is 12.1 Å². The Bertz CT molecular complexity index is 476. The molecule has 3 N–H and O–H groups in total. The lowest BCUT2D eigenvalue weighted by molar-refractivity contribution is -0.124. The largest absolute Gasteiger partial charge is 0.478 e. The monoisotopic (exact) mass is 262 g/mol. The van der Waals surface area contributed by atoms with Gasteiger partial charge in [0.2, 0.25) is 5.91 Å². The van der Waals surface area contributed by atoms with Gasteiger partial charge in [0.1, 0.15) is 0 Å². The Morgan fingerprint density at radius 2 is 2.05 bits per heavy atom. The van der Waals surface area contributed by atoms with Crippen LogP contribution in [0.3, 0.4) is 0 Å². The summed E-state index contributed by atoms with van der Waals surface area (Å²) in [5, 5.41) is 14.9. The van der Waals surface area contributed by atoms with E-state index < -0.39 is 5.97 Å². The van der Waals surface area contributed by atoms with Gasteiger partial charge in [0.05, 0.1) is 11.0 Å². The van der Waals surface area contributed by atoms with Gasteiger partial charge in [-0.05, 0) is 43.7 Å². The Hall–Kier alpha value is -1.88. The van der Waals surface area contributed by atoms with Crippen molar-refractivity contribution >= 4 is 17.6 Å². The molecule has 1 aromatic rings. The molecule has 1 unspecified atom stereocenters. The van der Waals surface area contributed by atoms with Crippen LogP contribution < -0.4 is 10.6 Å². The summed E-state index contributed by atoms with van der Waals surface area (Å²) < 4.78 is 0. The maximum absolute atomic E-state index is 12.3. The van der Waals surface area contributed by atoms with Crippen molar-refractivity contribution in [3.63, 3.8) is 0 Å². The standard InChI is InChI=1S/C14H18N2O3/c1-2-14(7-8-15-9-14)13(19)16-11-5-3-10(4-6-11)12(17)18/h3-6,15H,2,7-9H2,1H3,(H,16,19)(H,17,18). The number of benzene rings is 1. The molecule has 1 aliphatic heterocycles. The lowest BCUT2D eigenvalue weighted by atomic mass is 9.83. The first kappa shape index (κ1) is 13.5. The summed E-state index contributed by atoms with van der Waals surface area (Å²) in [6.45, 7) is 3.57. The Balaban J connectivity index is 2.08. The van der Waals surface area contributed by atoms with Crippen LogP contribution in [-0.4, -0.2) is 30.1 Å². The summed E-state index contributed by atoms with van der Waals surface area (Å²) in [7, 11) is 0. The van der Waals surface area contributed by atoms with E-state index >= 15 is 0 Å². The molecule has 0 aromatic heterocycles. The maximum Gasteiger partial charge on any atom is 0.335 e. The summed E-state index contributed by atoms with van der Waals surface area (Å²) in [5.74, 6) is -0.967. The van der Waals surface area contributed by atoms with Gasteiger partial charge in [-0.1, -0.05) is 6.92 Å². The van der Waals surface area contributed by atoms with Gasteiger partial charge in [-0.3, -0.25) is 4.79 Å². The first-order chi connectivity index (χ1) is 9.07. The van der Waals surface area contributed by atoms with E-state index in [0.717, 1.165) is 19.4 Å². The van der Waals surface area contributed by atoms with E-state index in [4.69, 9.17) is 5.11 Å². The van der Waals surface area contributed by atoms with Crippen LogP contribution >= 0.6 is 0 Å². The SMILES string of the molecule is CCC1(C(=O)Nc2ccc(C(=O)O)cc2)CCNC1. The molecule has 1 aliphatic rings. The molecular weight excluding hydrogens is 244 g/mol. The maximum atomic E-state index is 12.3. The molecule has 19 heavy (non-hydrogen) atoms. The predicted octanol–water partition coefficient (Wildman–Crippen LogP) is 1.71. The first-order valence-corrected chi connectivity index (χ1v) is 6.43. The van der Waals surface area contributed by atoms with Gasteiger partial charge < -0.3 is 15.7 Å². The highest BCUT2D eigenvalue weighted by atomic mass is 16.4. The third kappa shape index (κ3) is 2.76. The van der Waals surface area contributed by atoms with Crippen molar-refractivity contribution < 1.29 is 14.7 Å². The number of rotatable bonds is 4. The van der Waals surface area contributed by atoms with Gasteiger partial charge in [0.25, 0.3) is 0 Å². The molecule has 1 heterocycles. The van der Waals surface area contributed by atoms with Gasteiger partial charge in [-0.15, -0.1) is 0 Å². The van der Waals surface area contributed by atoms with Crippen molar-refractivity contribution in [2.24, 2.45) is 5.41 Å². The topological polar surface area (TPSA) is 78.4 Å². The molecule has 0 spiro atoms. The van der Waals surface area contributed by atoms with E-state index in [-0.39, 0.29) is 16.9 Å². The number of amides is 1. The van der Waals surface area contributed by atoms with Crippen molar-refractivity contribution in [2.45, 2.75) is 19.8 Å². The second kappa shape index (κ2) is 5.40. The molecule has 1 aromatic carbocycles. The Kier molecular flexibility index (Phi) is 3.85. The number of nitrogens with one attached hydrogen (secondary N) is 2. The third-order valence-electron chi connectivity index (χ3n) is 3.79. The average Bonchev–Trinajstić information content (AvgIpc) is 2.89. The smallest absolute Gasteiger partial charge is 0.335 e. The van der Waals surface area contributed by atoms with E-state index in [1.54, 1.807) is 12.1 Å². The van der Waals surface area contributed by atoms with Gasteiger partial charge in [-0.2, -0.15) is 0 Å². The number of anilines is 1. The summed E-state index contributed by atoms with van der Waals surface area (Å²) >= 11 is 0. The van der Waals surface area contributed by atoms with Crippen LogP contribution in [0.15, 0.2) is 24.3 Å². The minimum absolute atomic E-state index is 0.00285. The van der Waals surface area contributed by atoms with Crippen molar-refractivity contribution in [1.82, 2.24) is 5.32 Å². The number of carboxylic acid groups (broad SMARTS) is 1. The minimum Gasteiger partial charge on any atom is -0.478 e. The molecule has 0 radical (unpaired) electrons. The van der Waals surface area contributed by atoms with E-state index in [1.807, 2.05) is 6.92 Å². The molecule has 0 bridgehead atoms. The zero-order valence-electron chi connectivity index (χ0n) is 10.9. The molecular formula is C14H18N2O3. The molecule has 102 valence electrons. The molecule has 2 rings (SSSR count). The van der Waals surface area contributed by atoms with Crippen molar-refractivity contribution in [1.29, 1.82) is 0 Å². The van der Waals surface area contributed by atoms with Crippen LogP contribution in [0.1, 0.15) is 30.1 Å². The molecule has 5 nitrogen and oxygen atoms in total. The summed E-state index contributed by atoms with van der Waals surface area (Å²) in [5.41, 5.74) is 0.506. The van der Waals surface area contributed by atoms with Crippen LogP contribution in [0.25, 0.3) is 0 Å². The van der Waals surface area contributed by atoms with Gasteiger partial charge in [-0.25, -0.2) is 4.79 Å². The highest BCUT2D eigenvalue weighted by Crippen LogP contribution is 2.30. The molecule has 0 saturated carbocycles. The van der Waals surface area contributed by atoms with Crippen LogP contribution in [0.5, 0.6) is 0 Å². The van der Waals surface area contributed by atoms with E-state index in [2.05, 4.69) is 10.6 Å².